The van der Waals surface area contributed by atoms with Crippen LogP contribution in [0.3, 0.4) is 0 Å². The highest BCUT2D eigenvalue weighted by molar-refractivity contribution is 6.32. The van der Waals surface area contributed by atoms with Crippen molar-refractivity contribution in [3.8, 4) is 11.3 Å². The van der Waals surface area contributed by atoms with Crippen LogP contribution in [0, 0.1) is 0 Å². The smallest absolute Gasteiger partial charge is 0.278 e. The Labute approximate surface area is 203 Å². The van der Waals surface area contributed by atoms with Gasteiger partial charge in [-0.05, 0) is 37.1 Å². The fraction of sp³-hybridized carbons (Fsp3) is 0.348. The van der Waals surface area contributed by atoms with E-state index in [0.29, 0.717) is 11.3 Å². The predicted octanol–water partition coefficient (Wildman–Crippen LogP) is 4.43. The van der Waals surface area contributed by atoms with Gasteiger partial charge in [0.05, 0.1) is 18.1 Å². The Bertz CT molecular complexity index is 1140. The van der Waals surface area contributed by atoms with E-state index < -0.39 is 35.5 Å². The molecule has 0 unspecified atom stereocenters. The van der Waals surface area contributed by atoms with E-state index in [0.717, 1.165) is 4.90 Å². The summed E-state index contributed by atoms with van der Waals surface area (Å²) in [4.78, 5) is 35.3. The second-order valence-electron chi connectivity index (χ2n) is 8.10. The summed E-state index contributed by atoms with van der Waals surface area (Å²) in [5.41, 5.74) is -1.62. The summed E-state index contributed by atoms with van der Waals surface area (Å²) < 4.78 is 46.4. The molecule has 2 aromatic heterocycles. The number of carbonyl (C=O) groups excluding carboxylic acids is 2. The van der Waals surface area contributed by atoms with Gasteiger partial charge in [-0.15, -0.1) is 0 Å². The van der Waals surface area contributed by atoms with Gasteiger partial charge in [0.15, 0.2) is 11.8 Å². The van der Waals surface area contributed by atoms with Gasteiger partial charge in [-0.2, -0.15) is 0 Å². The zero-order valence-corrected chi connectivity index (χ0v) is 19.0. The summed E-state index contributed by atoms with van der Waals surface area (Å²) in [5, 5.41) is 6.35. The van der Waals surface area contributed by atoms with Crippen LogP contribution >= 0.6 is 11.6 Å². The van der Waals surface area contributed by atoms with Crippen molar-refractivity contribution in [3.05, 3.63) is 60.8 Å². The molecule has 0 spiro atoms. The Kier molecular flexibility index (Phi) is 7.34. The van der Waals surface area contributed by atoms with E-state index in [4.69, 9.17) is 16.1 Å². The number of rotatable bonds is 7. The van der Waals surface area contributed by atoms with Crippen molar-refractivity contribution < 1.29 is 27.3 Å². The number of hydrogen-bond acceptors (Lipinski definition) is 6. The molecule has 2 atom stereocenters. The van der Waals surface area contributed by atoms with Crippen LogP contribution in [0.15, 0.2) is 59.6 Å². The zero-order valence-electron chi connectivity index (χ0n) is 18.3. The summed E-state index contributed by atoms with van der Waals surface area (Å²) in [6.07, 6.45) is 4.82. The molecule has 0 saturated heterocycles. The van der Waals surface area contributed by atoms with Gasteiger partial charge in [0.1, 0.15) is 0 Å². The summed E-state index contributed by atoms with van der Waals surface area (Å²) in [6, 6.07) is 5.84. The molecule has 1 aliphatic rings. The lowest BCUT2D eigenvalue weighted by molar-refractivity contribution is -0.128. The molecule has 1 fully saturated rings. The molecule has 1 N–H and O–H groups in total. The molecule has 35 heavy (non-hydrogen) atoms. The van der Waals surface area contributed by atoms with Crippen molar-refractivity contribution in [1.29, 1.82) is 0 Å². The predicted molar refractivity (Wildman–Crippen MR) is 120 cm³/mol. The molecule has 1 aromatic carbocycles. The number of carbonyl (C=O) groups is 2. The summed E-state index contributed by atoms with van der Waals surface area (Å²) in [7, 11) is 0. The van der Waals surface area contributed by atoms with Gasteiger partial charge in [-0.3, -0.25) is 24.5 Å². The van der Waals surface area contributed by atoms with E-state index in [1.807, 2.05) is 0 Å². The van der Waals surface area contributed by atoms with Crippen molar-refractivity contribution in [2.75, 3.05) is 4.90 Å². The quantitative estimate of drug-likeness (QED) is 0.475. The highest BCUT2D eigenvalue weighted by atomic mass is 35.5. The molecule has 2 amide bonds. The molecule has 8 nitrogen and oxygen atoms in total. The molecule has 0 bridgehead atoms. The Morgan fingerprint density at radius 2 is 1.83 bits per heavy atom. The van der Waals surface area contributed by atoms with Gasteiger partial charge in [-0.25, -0.2) is 13.2 Å². The first-order chi connectivity index (χ1) is 16.7. The van der Waals surface area contributed by atoms with Crippen molar-refractivity contribution in [3.63, 3.8) is 0 Å². The molecule has 1 saturated carbocycles. The van der Waals surface area contributed by atoms with Crippen molar-refractivity contribution in [2.45, 2.75) is 49.3 Å². The lowest BCUT2D eigenvalue weighted by Gasteiger charge is -2.34. The Morgan fingerprint density at radius 1 is 1.11 bits per heavy atom. The van der Waals surface area contributed by atoms with Crippen LogP contribution in [0.2, 0.25) is 0 Å². The summed E-state index contributed by atoms with van der Waals surface area (Å²) in [5.74, 6) is -4.23. The normalized spacial score (nSPS) is 17.4. The van der Waals surface area contributed by atoms with E-state index in [1.54, 1.807) is 18.2 Å². The molecular weight excluding hydrogens is 487 g/mol. The number of alkyl halides is 4. The first kappa shape index (κ1) is 24.6. The SMILES string of the molecule is O=C(NC1CCC(F)(F)CC1)[C@@H](c1cnccn1)N(C(=O)[C@H](F)Cl)c1ccc(-c2ccno2)cc1. The molecule has 0 aliphatic heterocycles. The third kappa shape index (κ3) is 5.79. The van der Waals surface area contributed by atoms with Crippen LogP contribution in [0.25, 0.3) is 11.3 Å². The maximum Gasteiger partial charge on any atom is 0.278 e. The largest absolute Gasteiger partial charge is 0.356 e. The van der Waals surface area contributed by atoms with Crippen LogP contribution < -0.4 is 10.2 Å². The van der Waals surface area contributed by atoms with Gasteiger partial charge in [0.25, 0.3) is 11.5 Å². The van der Waals surface area contributed by atoms with Gasteiger partial charge >= 0.3 is 0 Å². The van der Waals surface area contributed by atoms with E-state index >= 15 is 0 Å². The van der Waals surface area contributed by atoms with Crippen LogP contribution in [-0.2, 0) is 9.59 Å². The van der Waals surface area contributed by atoms with Gasteiger partial charge in [-0.1, -0.05) is 16.8 Å². The molecule has 12 heteroatoms. The second kappa shape index (κ2) is 10.4. The number of halogens is 4. The highest BCUT2D eigenvalue weighted by Crippen LogP contribution is 2.34. The standard InChI is InChI=1S/C23H21ClF3N5O3/c24-20(25)22(34)32(16-3-1-14(2-4-16)18-7-10-30-35-18)19(17-13-28-11-12-29-17)21(33)31-15-5-8-23(26,27)9-6-15/h1-4,7,10-13,15,19-20H,5-6,8-9H2,(H,31,33)/t19-,20+/m1/s1. The fourth-order valence-electron chi connectivity index (χ4n) is 3.96. The lowest BCUT2D eigenvalue weighted by Crippen LogP contribution is -2.49. The molecule has 0 radical (unpaired) electrons. The van der Waals surface area contributed by atoms with Crippen molar-refractivity contribution in [1.82, 2.24) is 20.4 Å². The average Bonchev–Trinajstić information content (AvgIpc) is 3.39. The first-order valence-corrected chi connectivity index (χ1v) is 11.3. The summed E-state index contributed by atoms with van der Waals surface area (Å²) in [6.45, 7) is 0. The van der Waals surface area contributed by atoms with Crippen LogP contribution in [0.4, 0.5) is 18.9 Å². The number of benzene rings is 1. The molecule has 1 aliphatic carbocycles. The lowest BCUT2D eigenvalue weighted by atomic mass is 9.92. The van der Waals surface area contributed by atoms with Crippen LogP contribution in [0.5, 0.6) is 0 Å². The Balaban J connectivity index is 1.68. The number of nitrogens with one attached hydrogen (secondary N) is 1. The van der Waals surface area contributed by atoms with E-state index in [1.165, 1.54) is 36.9 Å². The van der Waals surface area contributed by atoms with Crippen LogP contribution in [0.1, 0.15) is 37.4 Å². The minimum Gasteiger partial charge on any atom is -0.356 e. The summed E-state index contributed by atoms with van der Waals surface area (Å²) >= 11 is 5.51. The van der Waals surface area contributed by atoms with E-state index in [-0.39, 0.29) is 37.1 Å². The fourth-order valence-corrected chi connectivity index (χ4v) is 4.07. The van der Waals surface area contributed by atoms with E-state index in [9.17, 15) is 22.8 Å². The van der Waals surface area contributed by atoms with Crippen LogP contribution in [-0.4, -0.2) is 44.5 Å². The number of nitrogens with zero attached hydrogens (tertiary/aromatic N) is 4. The molecular formula is C23H21ClF3N5O3. The van der Waals surface area contributed by atoms with Gasteiger partial charge < -0.3 is 9.84 Å². The molecule has 184 valence electrons. The first-order valence-electron chi connectivity index (χ1n) is 10.8. The topological polar surface area (TPSA) is 101 Å². The van der Waals surface area contributed by atoms with Crippen molar-refractivity contribution >= 4 is 29.1 Å². The minimum atomic E-state index is -2.78. The maximum atomic E-state index is 14.1. The molecule has 3 aromatic rings. The number of hydrogen-bond donors (Lipinski definition) is 1. The second-order valence-corrected chi connectivity index (χ2v) is 8.49. The number of amides is 2. The molecule has 2 heterocycles. The van der Waals surface area contributed by atoms with Gasteiger partial charge in [0, 0.05) is 48.6 Å². The molecule has 4 rings (SSSR count). The third-order valence-corrected chi connectivity index (χ3v) is 5.91. The minimum absolute atomic E-state index is 0.0520. The third-order valence-electron chi connectivity index (χ3n) is 5.73. The zero-order chi connectivity index (χ0) is 25.0. The average molecular weight is 508 g/mol. The Hall–Kier alpha value is -3.47. The maximum absolute atomic E-state index is 14.1. The number of aromatic nitrogens is 3. The van der Waals surface area contributed by atoms with Gasteiger partial charge in [0.2, 0.25) is 11.8 Å². The number of anilines is 1. The highest BCUT2D eigenvalue weighted by Gasteiger charge is 2.40. The Morgan fingerprint density at radius 3 is 2.40 bits per heavy atom. The van der Waals surface area contributed by atoms with E-state index in [2.05, 4.69) is 20.4 Å². The van der Waals surface area contributed by atoms with Crippen molar-refractivity contribution in [2.24, 2.45) is 0 Å². The monoisotopic (exact) mass is 507 g/mol.